The van der Waals surface area contributed by atoms with Crippen LogP contribution in [0.25, 0.3) is 0 Å². The molecule has 6 nitrogen and oxygen atoms in total. The highest BCUT2D eigenvalue weighted by atomic mass is 35.5. The van der Waals surface area contributed by atoms with E-state index in [1.165, 1.54) is 5.56 Å². The lowest BCUT2D eigenvalue weighted by Gasteiger charge is -2.30. The first-order valence-corrected chi connectivity index (χ1v) is 11.3. The summed E-state index contributed by atoms with van der Waals surface area (Å²) in [4.78, 5) is 6.29. The van der Waals surface area contributed by atoms with Crippen LogP contribution in [-0.2, 0) is 28.2 Å². The average Bonchev–Trinajstić information content (AvgIpc) is 3.42. The molecule has 2 atom stereocenters. The first-order chi connectivity index (χ1) is 15.4. The number of hydrogen-bond acceptors (Lipinski definition) is 5. The van der Waals surface area contributed by atoms with Crippen LogP contribution in [0.1, 0.15) is 11.1 Å². The van der Waals surface area contributed by atoms with Crippen LogP contribution in [0.3, 0.4) is 0 Å². The van der Waals surface area contributed by atoms with Gasteiger partial charge in [-0.2, -0.15) is 0 Å². The third-order valence-electron chi connectivity index (χ3n) is 5.36. The van der Waals surface area contributed by atoms with E-state index in [9.17, 15) is 0 Å². The van der Waals surface area contributed by atoms with Gasteiger partial charge in [0.05, 0.1) is 24.5 Å². The van der Waals surface area contributed by atoms with Crippen molar-refractivity contribution in [3.05, 3.63) is 82.4 Å². The molecule has 1 saturated heterocycles. The molecule has 1 aliphatic rings. The summed E-state index contributed by atoms with van der Waals surface area (Å²) in [7, 11) is 4.15. The standard InChI is InChI=1S/C24H27Cl2N3O3/c1-28(2)11-9-18-3-6-20(7-4-18)30-14-21-15-31-24(32-21,16-29-12-10-27-17-29)22-8-5-19(25)13-23(22)26/h3-8,10,12-13,17,21H,9,11,14-16H2,1-2H3. The first-order valence-electron chi connectivity index (χ1n) is 10.5. The number of nitrogens with zero attached hydrogens (tertiary/aromatic N) is 3. The fraction of sp³-hybridized carbons (Fsp3) is 0.375. The molecule has 4 rings (SSSR count). The molecule has 0 amide bonds. The van der Waals surface area contributed by atoms with Gasteiger partial charge < -0.3 is 23.7 Å². The molecule has 1 aromatic heterocycles. The van der Waals surface area contributed by atoms with Gasteiger partial charge in [0.1, 0.15) is 18.5 Å². The van der Waals surface area contributed by atoms with Gasteiger partial charge in [0, 0.05) is 29.5 Å². The van der Waals surface area contributed by atoms with Crippen LogP contribution in [0.2, 0.25) is 10.0 Å². The summed E-state index contributed by atoms with van der Waals surface area (Å²) in [5.74, 6) is -0.245. The summed E-state index contributed by atoms with van der Waals surface area (Å²) in [6.45, 7) is 2.17. The van der Waals surface area contributed by atoms with Crippen molar-refractivity contribution in [2.75, 3.05) is 33.9 Å². The molecule has 0 bridgehead atoms. The first kappa shape index (κ1) is 23.1. The lowest BCUT2D eigenvalue weighted by Crippen LogP contribution is -2.34. The molecule has 3 aromatic rings. The Morgan fingerprint density at radius 3 is 2.69 bits per heavy atom. The van der Waals surface area contributed by atoms with E-state index in [4.69, 9.17) is 37.4 Å². The second kappa shape index (κ2) is 10.2. The van der Waals surface area contributed by atoms with E-state index >= 15 is 0 Å². The van der Waals surface area contributed by atoms with Gasteiger partial charge in [0.15, 0.2) is 0 Å². The van der Waals surface area contributed by atoms with Crippen LogP contribution in [0.5, 0.6) is 5.75 Å². The lowest BCUT2D eigenvalue weighted by atomic mass is 10.1. The van der Waals surface area contributed by atoms with E-state index in [1.807, 2.05) is 29.0 Å². The van der Waals surface area contributed by atoms with Crippen molar-refractivity contribution in [3.8, 4) is 5.75 Å². The van der Waals surface area contributed by atoms with E-state index in [0.29, 0.717) is 29.8 Å². The second-order valence-electron chi connectivity index (χ2n) is 8.17. The van der Waals surface area contributed by atoms with Crippen LogP contribution >= 0.6 is 23.2 Å². The van der Waals surface area contributed by atoms with E-state index < -0.39 is 5.79 Å². The zero-order chi connectivity index (χ0) is 22.6. The number of aromatic nitrogens is 2. The van der Waals surface area contributed by atoms with Crippen LogP contribution in [-0.4, -0.2) is 54.4 Å². The molecular formula is C24H27Cl2N3O3. The quantitative estimate of drug-likeness (QED) is 0.451. The summed E-state index contributed by atoms with van der Waals surface area (Å²) in [5, 5.41) is 1.05. The van der Waals surface area contributed by atoms with Crippen LogP contribution in [0.4, 0.5) is 0 Å². The summed E-state index contributed by atoms with van der Waals surface area (Å²) < 4.78 is 20.5. The Kier molecular flexibility index (Phi) is 7.38. The van der Waals surface area contributed by atoms with Crippen molar-refractivity contribution in [3.63, 3.8) is 0 Å². The highest BCUT2D eigenvalue weighted by Crippen LogP contribution is 2.40. The largest absolute Gasteiger partial charge is 0.491 e. The maximum Gasteiger partial charge on any atom is 0.215 e. The predicted molar refractivity (Wildman–Crippen MR) is 125 cm³/mol. The topological polar surface area (TPSA) is 48.8 Å². The Bertz CT molecular complexity index is 1010. The average molecular weight is 476 g/mol. The molecule has 0 radical (unpaired) electrons. The van der Waals surface area contributed by atoms with Gasteiger partial charge in [-0.15, -0.1) is 0 Å². The molecule has 170 valence electrons. The van der Waals surface area contributed by atoms with E-state index in [0.717, 1.165) is 24.3 Å². The Morgan fingerprint density at radius 1 is 1.19 bits per heavy atom. The maximum absolute atomic E-state index is 6.52. The molecule has 2 unspecified atom stereocenters. The third-order valence-corrected chi connectivity index (χ3v) is 5.91. The SMILES string of the molecule is CN(C)CCc1ccc(OCC2COC(Cn3ccnc3)(c3ccc(Cl)cc3Cl)O2)cc1. The minimum Gasteiger partial charge on any atom is -0.491 e. The monoisotopic (exact) mass is 475 g/mol. The smallest absolute Gasteiger partial charge is 0.215 e. The van der Waals surface area contributed by atoms with Gasteiger partial charge in [-0.05, 0) is 50.3 Å². The Hall–Kier alpha value is -2.09. The summed E-state index contributed by atoms with van der Waals surface area (Å²) in [6, 6.07) is 13.5. The van der Waals surface area contributed by atoms with Gasteiger partial charge in [0.2, 0.25) is 5.79 Å². The van der Waals surface area contributed by atoms with Gasteiger partial charge >= 0.3 is 0 Å². The van der Waals surface area contributed by atoms with Crippen molar-refractivity contribution < 1.29 is 14.2 Å². The number of likely N-dealkylation sites (N-methyl/N-ethyl adjacent to an activating group) is 1. The number of hydrogen-bond donors (Lipinski definition) is 0. The minimum absolute atomic E-state index is 0.251. The molecule has 0 aliphatic carbocycles. The van der Waals surface area contributed by atoms with Crippen molar-refractivity contribution in [2.45, 2.75) is 24.9 Å². The molecule has 0 N–H and O–H groups in total. The molecule has 1 fully saturated rings. The van der Waals surface area contributed by atoms with Gasteiger partial charge in [-0.3, -0.25) is 0 Å². The number of benzene rings is 2. The zero-order valence-electron chi connectivity index (χ0n) is 18.2. The highest BCUT2D eigenvalue weighted by Gasteiger charge is 2.45. The fourth-order valence-electron chi connectivity index (χ4n) is 3.67. The molecule has 2 heterocycles. The van der Waals surface area contributed by atoms with Crippen LogP contribution in [0.15, 0.2) is 61.2 Å². The van der Waals surface area contributed by atoms with Crippen LogP contribution in [0, 0.1) is 0 Å². The van der Waals surface area contributed by atoms with Crippen molar-refractivity contribution in [2.24, 2.45) is 0 Å². The molecule has 0 saturated carbocycles. The molecule has 2 aromatic carbocycles. The number of ether oxygens (including phenoxy) is 3. The van der Waals surface area contributed by atoms with Gasteiger partial charge in [-0.25, -0.2) is 4.98 Å². The molecular weight excluding hydrogens is 449 g/mol. The van der Waals surface area contributed by atoms with Crippen molar-refractivity contribution in [1.29, 1.82) is 0 Å². The Morgan fingerprint density at radius 2 is 2.00 bits per heavy atom. The van der Waals surface area contributed by atoms with E-state index in [2.05, 4.69) is 36.1 Å². The van der Waals surface area contributed by atoms with Crippen molar-refractivity contribution in [1.82, 2.24) is 14.5 Å². The number of halogens is 2. The molecule has 0 spiro atoms. The highest BCUT2D eigenvalue weighted by molar-refractivity contribution is 6.35. The second-order valence-corrected chi connectivity index (χ2v) is 9.01. The third kappa shape index (κ3) is 5.63. The summed E-state index contributed by atoms with van der Waals surface area (Å²) >= 11 is 12.6. The Balaban J connectivity index is 1.43. The summed E-state index contributed by atoms with van der Waals surface area (Å²) in [6.07, 6.45) is 6.05. The lowest BCUT2D eigenvalue weighted by molar-refractivity contribution is -0.189. The Labute approximate surface area is 198 Å². The van der Waals surface area contributed by atoms with E-state index in [-0.39, 0.29) is 6.10 Å². The van der Waals surface area contributed by atoms with Crippen molar-refractivity contribution >= 4 is 23.2 Å². The molecule has 1 aliphatic heterocycles. The maximum atomic E-state index is 6.52. The number of imidazole rings is 1. The van der Waals surface area contributed by atoms with Gasteiger partial charge in [-0.1, -0.05) is 41.4 Å². The predicted octanol–water partition coefficient (Wildman–Crippen LogP) is 4.64. The fourth-order valence-corrected chi connectivity index (χ4v) is 4.22. The summed E-state index contributed by atoms with van der Waals surface area (Å²) in [5.41, 5.74) is 2.01. The van der Waals surface area contributed by atoms with E-state index in [1.54, 1.807) is 24.7 Å². The number of rotatable bonds is 9. The molecule has 8 heteroatoms. The van der Waals surface area contributed by atoms with Gasteiger partial charge in [0.25, 0.3) is 0 Å². The van der Waals surface area contributed by atoms with Crippen LogP contribution < -0.4 is 4.74 Å². The minimum atomic E-state index is -1.05. The zero-order valence-corrected chi connectivity index (χ0v) is 19.7. The normalized spacial score (nSPS) is 20.7. The molecule has 32 heavy (non-hydrogen) atoms.